The topological polar surface area (TPSA) is 43.1 Å². The minimum Gasteiger partial charge on any atom is -0.324 e. The molecule has 0 unspecified atom stereocenters. The summed E-state index contributed by atoms with van der Waals surface area (Å²) in [5.41, 5.74) is 6.41. The van der Waals surface area contributed by atoms with E-state index in [0.717, 1.165) is 18.3 Å². The van der Waals surface area contributed by atoms with Gasteiger partial charge in [-0.05, 0) is 13.3 Å². The number of aldehydes is 1. The smallest absolute Gasteiger partial charge is 0.120 e. The van der Waals surface area contributed by atoms with E-state index in [1.54, 1.807) is 0 Å². The monoisotopic (exact) mass is 127 g/mol. The number of rotatable bonds is 4. The van der Waals surface area contributed by atoms with Crippen molar-refractivity contribution >= 4 is 6.29 Å². The minimum absolute atomic E-state index is 0.0185. The molecule has 0 fully saturated rings. The van der Waals surface area contributed by atoms with Gasteiger partial charge in [-0.25, -0.2) is 0 Å². The zero-order valence-corrected chi connectivity index (χ0v) is 5.76. The molecule has 0 bridgehead atoms. The Bertz CT molecular complexity index is 107. The summed E-state index contributed by atoms with van der Waals surface area (Å²) in [6.07, 6.45) is 2.15. The van der Waals surface area contributed by atoms with Gasteiger partial charge in [0.25, 0.3) is 0 Å². The van der Waals surface area contributed by atoms with Crippen LogP contribution in [-0.4, -0.2) is 12.3 Å². The van der Waals surface area contributed by atoms with E-state index in [1.165, 1.54) is 0 Å². The lowest BCUT2D eigenvalue weighted by atomic mass is 10.1. The third-order valence-electron chi connectivity index (χ3n) is 1.23. The SMILES string of the molecule is C=C(CCC=O)[C@H](C)N. The van der Waals surface area contributed by atoms with Crippen LogP contribution in [0, 0.1) is 0 Å². The molecule has 0 aliphatic rings. The molecule has 9 heavy (non-hydrogen) atoms. The van der Waals surface area contributed by atoms with Crippen molar-refractivity contribution in [1.29, 1.82) is 0 Å². The number of carbonyl (C=O) groups is 1. The maximum atomic E-state index is 9.85. The first-order valence-corrected chi connectivity index (χ1v) is 3.05. The van der Waals surface area contributed by atoms with Crippen LogP contribution in [0.2, 0.25) is 0 Å². The van der Waals surface area contributed by atoms with Gasteiger partial charge in [0.15, 0.2) is 0 Å². The van der Waals surface area contributed by atoms with Gasteiger partial charge < -0.3 is 10.5 Å². The second-order valence-corrected chi connectivity index (χ2v) is 2.15. The molecule has 1 atom stereocenters. The molecule has 0 saturated heterocycles. The Hall–Kier alpha value is -0.630. The number of nitrogens with two attached hydrogens (primary N) is 1. The summed E-state index contributed by atoms with van der Waals surface area (Å²) in [6.45, 7) is 5.58. The first kappa shape index (κ1) is 8.37. The third-order valence-corrected chi connectivity index (χ3v) is 1.23. The lowest BCUT2D eigenvalue weighted by molar-refractivity contribution is -0.107. The van der Waals surface area contributed by atoms with Gasteiger partial charge in [0.1, 0.15) is 6.29 Å². The van der Waals surface area contributed by atoms with Gasteiger partial charge in [-0.2, -0.15) is 0 Å². The van der Waals surface area contributed by atoms with E-state index < -0.39 is 0 Å². The lowest BCUT2D eigenvalue weighted by Gasteiger charge is -2.05. The van der Waals surface area contributed by atoms with E-state index in [0.29, 0.717) is 6.42 Å². The van der Waals surface area contributed by atoms with Gasteiger partial charge in [0.2, 0.25) is 0 Å². The molecule has 2 N–H and O–H groups in total. The highest BCUT2D eigenvalue weighted by Gasteiger charge is 1.97. The molecule has 0 amide bonds. The maximum Gasteiger partial charge on any atom is 0.120 e. The average molecular weight is 127 g/mol. The summed E-state index contributed by atoms with van der Waals surface area (Å²) in [5.74, 6) is 0. The molecule has 0 aliphatic carbocycles. The van der Waals surface area contributed by atoms with Crippen LogP contribution in [0.1, 0.15) is 19.8 Å². The predicted octanol–water partition coefficient (Wildman–Crippen LogP) is 0.869. The molecule has 0 aromatic heterocycles. The zero-order chi connectivity index (χ0) is 7.28. The molecule has 0 rings (SSSR count). The summed E-state index contributed by atoms with van der Waals surface area (Å²) in [5, 5.41) is 0. The van der Waals surface area contributed by atoms with Crippen LogP contribution in [0.5, 0.6) is 0 Å². The van der Waals surface area contributed by atoms with Crippen molar-refractivity contribution < 1.29 is 4.79 Å². The first-order chi connectivity index (χ1) is 4.18. The van der Waals surface area contributed by atoms with E-state index in [1.807, 2.05) is 6.92 Å². The molecule has 0 saturated carbocycles. The van der Waals surface area contributed by atoms with E-state index in [4.69, 9.17) is 5.73 Å². The van der Waals surface area contributed by atoms with Crippen LogP contribution in [0.25, 0.3) is 0 Å². The summed E-state index contributed by atoms with van der Waals surface area (Å²) in [7, 11) is 0. The molecule has 2 heteroatoms. The Balaban J connectivity index is 3.38. The standard InChI is InChI=1S/C7H13NO/c1-6(7(2)8)4-3-5-9/h5,7H,1,3-4,8H2,2H3/t7-/m0/s1. The van der Waals surface area contributed by atoms with Crippen molar-refractivity contribution in [2.45, 2.75) is 25.8 Å². The largest absolute Gasteiger partial charge is 0.324 e. The fraction of sp³-hybridized carbons (Fsp3) is 0.571. The van der Waals surface area contributed by atoms with Crippen LogP contribution in [-0.2, 0) is 4.79 Å². The molecule has 2 nitrogen and oxygen atoms in total. The fourth-order valence-corrected chi connectivity index (χ4v) is 0.472. The van der Waals surface area contributed by atoms with Gasteiger partial charge in [-0.3, -0.25) is 0 Å². The highest BCUT2D eigenvalue weighted by atomic mass is 16.1. The highest BCUT2D eigenvalue weighted by Crippen LogP contribution is 2.02. The van der Waals surface area contributed by atoms with Crippen molar-refractivity contribution in [3.05, 3.63) is 12.2 Å². The van der Waals surface area contributed by atoms with Gasteiger partial charge in [-0.15, -0.1) is 0 Å². The zero-order valence-electron chi connectivity index (χ0n) is 5.76. The minimum atomic E-state index is 0.0185. The molecule has 0 radical (unpaired) electrons. The van der Waals surface area contributed by atoms with Crippen LogP contribution >= 0.6 is 0 Å². The van der Waals surface area contributed by atoms with Crippen LogP contribution < -0.4 is 5.73 Å². The van der Waals surface area contributed by atoms with Crippen molar-refractivity contribution in [2.75, 3.05) is 0 Å². The second kappa shape index (κ2) is 4.27. The lowest BCUT2D eigenvalue weighted by Crippen LogP contribution is -2.16. The Morgan fingerprint density at radius 3 is 2.78 bits per heavy atom. The molecule has 0 aliphatic heterocycles. The number of carbonyl (C=O) groups excluding carboxylic acids is 1. The number of hydrogen-bond acceptors (Lipinski definition) is 2. The van der Waals surface area contributed by atoms with Gasteiger partial charge in [0, 0.05) is 12.5 Å². The Kier molecular flexibility index (Phi) is 3.97. The van der Waals surface area contributed by atoms with Crippen molar-refractivity contribution in [3.8, 4) is 0 Å². The summed E-state index contributed by atoms with van der Waals surface area (Å²) >= 11 is 0. The van der Waals surface area contributed by atoms with Crippen LogP contribution in [0.4, 0.5) is 0 Å². The highest BCUT2D eigenvalue weighted by molar-refractivity contribution is 5.49. The fourth-order valence-electron chi connectivity index (χ4n) is 0.472. The Labute approximate surface area is 55.7 Å². The van der Waals surface area contributed by atoms with E-state index in [9.17, 15) is 4.79 Å². The summed E-state index contributed by atoms with van der Waals surface area (Å²) in [4.78, 5) is 9.85. The average Bonchev–Trinajstić information content (AvgIpc) is 1.82. The van der Waals surface area contributed by atoms with Gasteiger partial charge in [0.05, 0.1) is 0 Å². The second-order valence-electron chi connectivity index (χ2n) is 2.15. The van der Waals surface area contributed by atoms with Crippen LogP contribution in [0.3, 0.4) is 0 Å². The normalized spacial score (nSPS) is 12.7. The quantitative estimate of drug-likeness (QED) is 0.449. The van der Waals surface area contributed by atoms with Gasteiger partial charge >= 0.3 is 0 Å². The van der Waals surface area contributed by atoms with E-state index in [-0.39, 0.29) is 6.04 Å². The third kappa shape index (κ3) is 3.91. The summed E-state index contributed by atoms with van der Waals surface area (Å²) in [6, 6.07) is 0.0185. The molecule has 0 heterocycles. The van der Waals surface area contributed by atoms with Crippen LogP contribution in [0.15, 0.2) is 12.2 Å². The Morgan fingerprint density at radius 2 is 2.44 bits per heavy atom. The maximum absolute atomic E-state index is 9.85. The predicted molar refractivity (Wildman–Crippen MR) is 38.1 cm³/mol. The molecule has 0 aromatic carbocycles. The molecule has 0 spiro atoms. The Morgan fingerprint density at radius 1 is 1.89 bits per heavy atom. The molecule has 0 aromatic rings. The molecular formula is C7H13NO. The molecule has 52 valence electrons. The number of hydrogen-bond donors (Lipinski definition) is 1. The van der Waals surface area contributed by atoms with E-state index in [2.05, 4.69) is 6.58 Å². The molecular weight excluding hydrogens is 114 g/mol. The van der Waals surface area contributed by atoms with E-state index >= 15 is 0 Å². The van der Waals surface area contributed by atoms with Crippen molar-refractivity contribution in [3.63, 3.8) is 0 Å². The van der Waals surface area contributed by atoms with Gasteiger partial charge in [-0.1, -0.05) is 12.2 Å². The van der Waals surface area contributed by atoms with Crippen molar-refractivity contribution in [2.24, 2.45) is 5.73 Å². The van der Waals surface area contributed by atoms with Crippen molar-refractivity contribution in [1.82, 2.24) is 0 Å². The first-order valence-electron chi connectivity index (χ1n) is 3.05. The summed E-state index contributed by atoms with van der Waals surface area (Å²) < 4.78 is 0.